The molecule has 0 aliphatic heterocycles. The van der Waals surface area contributed by atoms with E-state index in [1.807, 2.05) is 7.05 Å². The average Bonchev–Trinajstić information content (AvgIpc) is 2.46. The Hall–Kier alpha value is -1.32. The molecule has 0 fully saturated rings. The smallest absolute Gasteiger partial charge is 0.0552 e. The van der Waals surface area contributed by atoms with Crippen LogP contribution in [0.3, 0.4) is 0 Å². The minimum Gasteiger partial charge on any atom is -0.344 e. The highest BCUT2D eigenvalue weighted by molar-refractivity contribution is 9.10. The molecule has 0 saturated carbocycles. The van der Waals surface area contributed by atoms with Crippen molar-refractivity contribution in [3.05, 3.63) is 58.1 Å². The van der Waals surface area contributed by atoms with E-state index < -0.39 is 0 Å². The van der Waals surface area contributed by atoms with Crippen molar-refractivity contribution in [2.75, 3.05) is 19.0 Å². The van der Waals surface area contributed by atoms with E-state index in [0.29, 0.717) is 6.04 Å². The van der Waals surface area contributed by atoms with Crippen molar-refractivity contribution in [3.63, 3.8) is 0 Å². The van der Waals surface area contributed by atoms with Crippen molar-refractivity contribution in [1.82, 2.24) is 5.32 Å². The van der Waals surface area contributed by atoms with Gasteiger partial charge in [-0.15, -0.1) is 0 Å². The number of nitrogens with zero attached hydrogens (tertiary/aromatic N) is 1. The summed E-state index contributed by atoms with van der Waals surface area (Å²) in [6, 6.07) is 15.4. The third-order valence-electron chi connectivity index (χ3n) is 3.69. The molecule has 3 heteroatoms. The summed E-state index contributed by atoms with van der Waals surface area (Å²) >= 11 is 3.69. The van der Waals surface area contributed by atoms with Gasteiger partial charge in [0.2, 0.25) is 0 Å². The first-order valence-corrected chi connectivity index (χ1v) is 7.59. The molecule has 2 rings (SSSR count). The fourth-order valence-electron chi connectivity index (χ4n) is 2.14. The second-order valence-electron chi connectivity index (χ2n) is 5.12. The van der Waals surface area contributed by atoms with Crippen molar-refractivity contribution in [3.8, 4) is 0 Å². The van der Waals surface area contributed by atoms with Gasteiger partial charge in [0.1, 0.15) is 0 Å². The lowest BCUT2D eigenvalue weighted by molar-refractivity contribution is 0.652. The second-order valence-corrected chi connectivity index (χ2v) is 5.97. The van der Waals surface area contributed by atoms with Crippen molar-refractivity contribution in [2.24, 2.45) is 0 Å². The number of halogens is 1. The Balaban J connectivity index is 2.30. The molecule has 0 spiro atoms. The van der Waals surface area contributed by atoms with Crippen LogP contribution in [0.25, 0.3) is 0 Å². The highest BCUT2D eigenvalue weighted by atomic mass is 79.9. The van der Waals surface area contributed by atoms with E-state index in [1.165, 1.54) is 22.5 Å². The van der Waals surface area contributed by atoms with Gasteiger partial charge in [-0.25, -0.2) is 0 Å². The number of hydrogen-bond donors (Lipinski definition) is 1. The van der Waals surface area contributed by atoms with Gasteiger partial charge in [-0.1, -0.05) is 23.8 Å². The van der Waals surface area contributed by atoms with E-state index in [2.05, 4.69) is 89.5 Å². The van der Waals surface area contributed by atoms with E-state index in [-0.39, 0.29) is 0 Å². The van der Waals surface area contributed by atoms with Crippen LogP contribution < -0.4 is 10.2 Å². The van der Waals surface area contributed by atoms with Gasteiger partial charge in [0, 0.05) is 23.2 Å². The first kappa shape index (κ1) is 15.1. The molecule has 1 unspecified atom stereocenters. The van der Waals surface area contributed by atoms with Crippen LogP contribution in [-0.4, -0.2) is 14.1 Å². The van der Waals surface area contributed by atoms with Gasteiger partial charge in [-0.05, 0) is 66.7 Å². The highest BCUT2D eigenvalue weighted by Crippen LogP contribution is 2.32. The Morgan fingerprint density at radius 3 is 2.30 bits per heavy atom. The molecular formula is C17H21BrN2. The molecule has 2 aromatic rings. The number of anilines is 2. The lowest BCUT2D eigenvalue weighted by atomic mass is 10.1. The summed E-state index contributed by atoms with van der Waals surface area (Å²) in [5.74, 6) is 0. The monoisotopic (exact) mass is 332 g/mol. The molecule has 0 aliphatic carbocycles. The maximum atomic E-state index is 3.69. The molecule has 0 bridgehead atoms. The summed E-state index contributed by atoms with van der Waals surface area (Å²) in [6.07, 6.45) is 0. The van der Waals surface area contributed by atoms with E-state index in [4.69, 9.17) is 0 Å². The Morgan fingerprint density at radius 1 is 1.10 bits per heavy atom. The molecule has 0 radical (unpaired) electrons. The standard InChI is InChI=1S/C17H21BrN2/c1-12-5-8-15(9-6-12)20(4)17-10-7-14(11-16(17)18)13(2)19-3/h5-11,13,19H,1-4H3. The highest BCUT2D eigenvalue weighted by Gasteiger charge is 2.10. The Kier molecular flexibility index (Phi) is 4.84. The molecule has 1 N–H and O–H groups in total. The average molecular weight is 333 g/mol. The van der Waals surface area contributed by atoms with E-state index in [1.54, 1.807) is 0 Å². The number of hydrogen-bond acceptors (Lipinski definition) is 2. The minimum absolute atomic E-state index is 0.352. The number of benzene rings is 2. The fraction of sp³-hybridized carbons (Fsp3) is 0.294. The van der Waals surface area contributed by atoms with Crippen LogP contribution in [0.5, 0.6) is 0 Å². The molecule has 2 aromatic carbocycles. The molecule has 106 valence electrons. The van der Waals surface area contributed by atoms with Crippen LogP contribution >= 0.6 is 15.9 Å². The van der Waals surface area contributed by atoms with Gasteiger partial charge in [0.25, 0.3) is 0 Å². The van der Waals surface area contributed by atoms with E-state index >= 15 is 0 Å². The molecule has 0 amide bonds. The summed E-state index contributed by atoms with van der Waals surface area (Å²) in [5.41, 5.74) is 4.91. The number of nitrogens with one attached hydrogen (secondary N) is 1. The van der Waals surface area contributed by atoms with E-state index in [9.17, 15) is 0 Å². The summed E-state index contributed by atoms with van der Waals surface area (Å²) in [6.45, 7) is 4.26. The van der Waals surface area contributed by atoms with Gasteiger partial charge in [-0.3, -0.25) is 0 Å². The number of aryl methyl sites for hydroxylation is 1. The SMILES string of the molecule is CNC(C)c1ccc(N(C)c2ccc(C)cc2)c(Br)c1. The third-order valence-corrected chi connectivity index (χ3v) is 4.32. The first-order valence-electron chi connectivity index (χ1n) is 6.80. The molecule has 0 aliphatic rings. The lowest BCUT2D eigenvalue weighted by Crippen LogP contribution is -2.14. The normalized spacial score (nSPS) is 12.2. The van der Waals surface area contributed by atoms with Crippen molar-refractivity contribution in [2.45, 2.75) is 19.9 Å². The zero-order chi connectivity index (χ0) is 14.7. The van der Waals surface area contributed by atoms with Gasteiger partial charge >= 0.3 is 0 Å². The quantitative estimate of drug-likeness (QED) is 0.864. The summed E-state index contributed by atoms with van der Waals surface area (Å²) < 4.78 is 1.11. The summed E-state index contributed by atoms with van der Waals surface area (Å²) in [7, 11) is 4.07. The maximum Gasteiger partial charge on any atom is 0.0552 e. The van der Waals surface area contributed by atoms with Crippen LogP contribution in [-0.2, 0) is 0 Å². The molecule has 0 aromatic heterocycles. The van der Waals surface area contributed by atoms with Gasteiger partial charge in [0.15, 0.2) is 0 Å². The minimum atomic E-state index is 0.352. The Bertz CT molecular complexity index is 578. The van der Waals surface area contributed by atoms with Gasteiger partial charge in [-0.2, -0.15) is 0 Å². The van der Waals surface area contributed by atoms with Crippen molar-refractivity contribution >= 4 is 27.3 Å². The predicted octanol–water partition coefficient (Wildman–Crippen LogP) is 4.81. The predicted molar refractivity (Wildman–Crippen MR) is 90.9 cm³/mol. The van der Waals surface area contributed by atoms with Crippen LogP contribution in [0.15, 0.2) is 46.9 Å². The maximum absolute atomic E-state index is 3.69. The zero-order valence-electron chi connectivity index (χ0n) is 12.4. The molecule has 0 saturated heterocycles. The third kappa shape index (κ3) is 3.22. The first-order chi connectivity index (χ1) is 9.52. The van der Waals surface area contributed by atoms with Crippen LogP contribution in [0.4, 0.5) is 11.4 Å². The Morgan fingerprint density at radius 2 is 1.75 bits per heavy atom. The summed E-state index contributed by atoms with van der Waals surface area (Å²) in [5, 5.41) is 3.26. The van der Waals surface area contributed by atoms with Crippen LogP contribution in [0, 0.1) is 6.92 Å². The molecular weight excluding hydrogens is 312 g/mol. The molecule has 20 heavy (non-hydrogen) atoms. The van der Waals surface area contributed by atoms with Crippen LogP contribution in [0.2, 0.25) is 0 Å². The topological polar surface area (TPSA) is 15.3 Å². The van der Waals surface area contributed by atoms with Crippen molar-refractivity contribution in [1.29, 1.82) is 0 Å². The van der Waals surface area contributed by atoms with Crippen molar-refractivity contribution < 1.29 is 0 Å². The van der Waals surface area contributed by atoms with Gasteiger partial charge < -0.3 is 10.2 Å². The van der Waals surface area contributed by atoms with E-state index in [0.717, 1.165) is 4.47 Å². The second kappa shape index (κ2) is 6.42. The fourth-order valence-corrected chi connectivity index (χ4v) is 2.80. The number of rotatable bonds is 4. The molecule has 0 heterocycles. The van der Waals surface area contributed by atoms with Crippen LogP contribution in [0.1, 0.15) is 24.1 Å². The van der Waals surface area contributed by atoms with Gasteiger partial charge in [0.05, 0.1) is 5.69 Å². The molecule has 1 atom stereocenters. The summed E-state index contributed by atoms with van der Waals surface area (Å²) in [4.78, 5) is 2.19. The largest absolute Gasteiger partial charge is 0.344 e. The zero-order valence-corrected chi connectivity index (χ0v) is 14.0. The Labute approximate surface area is 129 Å². The lowest BCUT2D eigenvalue weighted by Gasteiger charge is -2.22. The molecule has 2 nitrogen and oxygen atoms in total.